The summed E-state index contributed by atoms with van der Waals surface area (Å²) in [7, 11) is -0.440. The highest BCUT2D eigenvalue weighted by molar-refractivity contribution is 8.13. The molecule has 1 aromatic carbocycles. The number of nitrogens with zero attached hydrogens (tertiary/aromatic N) is 1. The van der Waals surface area contributed by atoms with Crippen LogP contribution in [0.25, 0.3) is 6.08 Å². The van der Waals surface area contributed by atoms with Crippen molar-refractivity contribution in [2.75, 3.05) is 36.8 Å². The maximum absolute atomic E-state index is 11.5. The van der Waals surface area contributed by atoms with Crippen molar-refractivity contribution >= 4 is 35.8 Å². The van der Waals surface area contributed by atoms with Gasteiger partial charge < -0.3 is 19.5 Å². The fourth-order valence-electron chi connectivity index (χ4n) is 3.28. The topological polar surface area (TPSA) is 50.8 Å². The lowest BCUT2D eigenvalue weighted by molar-refractivity contribution is -0.109. The number of piperazine rings is 1. The number of carbonyl (C=O) groups excluding carboxylic acids is 1. The quantitative estimate of drug-likeness (QED) is 0.762. The largest absolute Gasteiger partial charge is 0.491 e. The van der Waals surface area contributed by atoms with Gasteiger partial charge in [0.2, 0.25) is 0 Å². The molecule has 1 aromatic rings. The first-order valence-corrected chi connectivity index (χ1v) is 10.9. The van der Waals surface area contributed by atoms with Gasteiger partial charge in [0.15, 0.2) is 5.12 Å². The van der Waals surface area contributed by atoms with E-state index < -0.39 is 18.3 Å². The third-order valence-electron chi connectivity index (χ3n) is 5.73. The molecular formula is C21H31BN2O3S. The molecule has 1 N–H and O–H groups in total. The van der Waals surface area contributed by atoms with Crippen LogP contribution in [-0.4, -0.2) is 55.4 Å². The van der Waals surface area contributed by atoms with Crippen LogP contribution in [0.3, 0.4) is 0 Å². The Kier molecular flexibility index (Phi) is 6.59. The Bertz CT molecular complexity index is 712. The molecule has 28 heavy (non-hydrogen) atoms. The second kappa shape index (κ2) is 8.62. The van der Waals surface area contributed by atoms with Crippen LogP contribution < -0.4 is 10.2 Å². The Morgan fingerprint density at radius 1 is 1.14 bits per heavy atom. The molecule has 0 unspecified atom stereocenters. The van der Waals surface area contributed by atoms with Crippen molar-refractivity contribution < 1.29 is 14.1 Å². The highest BCUT2D eigenvalue weighted by atomic mass is 32.2. The average Bonchev–Trinajstić information content (AvgIpc) is 2.87. The van der Waals surface area contributed by atoms with Crippen LogP contribution in [0.1, 0.15) is 40.2 Å². The summed E-state index contributed by atoms with van der Waals surface area (Å²) in [6.07, 6.45) is 2.10. The molecule has 0 aromatic heterocycles. The van der Waals surface area contributed by atoms with E-state index in [0.29, 0.717) is 5.75 Å². The molecule has 0 saturated carbocycles. The van der Waals surface area contributed by atoms with E-state index in [-0.39, 0.29) is 5.12 Å². The molecule has 2 aliphatic heterocycles. The molecule has 2 saturated heterocycles. The second-order valence-corrected chi connectivity index (χ2v) is 9.57. The van der Waals surface area contributed by atoms with Crippen LogP contribution in [0.15, 0.2) is 29.7 Å². The minimum atomic E-state index is -0.440. The average molecular weight is 402 g/mol. The van der Waals surface area contributed by atoms with Crippen molar-refractivity contribution in [1.29, 1.82) is 0 Å². The van der Waals surface area contributed by atoms with E-state index in [4.69, 9.17) is 9.31 Å². The van der Waals surface area contributed by atoms with Crippen molar-refractivity contribution in [1.82, 2.24) is 5.32 Å². The number of thioether (sulfide) groups is 1. The van der Waals surface area contributed by atoms with E-state index in [1.165, 1.54) is 17.4 Å². The molecule has 152 valence electrons. The van der Waals surface area contributed by atoms with Gasteiger partial charge in [-0.1, -0.05) is 30.0 Å². The molecule has 0 aliphatic carbocycles. The number of hydrogen-bond acceptors (Lipinski definition) is 6. The van der Waals surface area contributed by atoms with E-state index in [9.17, 15) is 4.79 Å². The van der Waals surface area contributed by atoms with Crippen molar-refractivity contribution in [3.63, 3.8) is 0 Å². The summed E-state index contributed by atoms with van der Waals surface area (Å²) in [4.78, 5) is 13.9. The fourth-order valence-corrected chi connectivity index (χ4v) is 3.86. The number of nitrogens with one attached hydrogen (secondary N) is 1. The zero-order valence-corrected chi connectivity index (χ0v) is 18.4. The molecule has 3 rings (SSSR count). The Labute approximate surface area is 173 Å². The molecule has 0 bridgehead atoms. The number of carbonyl (C=O) groups is 1. The Morgan fingerprint density at radius 3 is 2.25 bits per heavy atom. The summed E-state index contributed by atoms with van der Waals surface area (Å²) in [5, 5.41) is 3.47. The molecule has 2 aliphatic rings. The smallest absolute Gasteiger partial charge is 0.400 e. The van der Waals surface area contributed by atoms with Crippen LogP contribution in [0.5, 0.6) is 0 Å². The lowest BCUT2D eigenvalue weighted by Gasteiger charge is -2.32. The van der Waals surface area contributed by atoms with Gasteiger partial charge >= 0.3 is 7.12 Å². The highest BCUT2D eigenvalue weighted by Gasteiger charge is 2.52. The summed E-state index contributed by atoms with van der Waals surface area (Å²) in [6.45, 7) is 13.9. The SMILES string of the molecule is CC(=O)SCC(=Cc1ccc(N2CCNCC2)cc1)B1OC(C)(C)C(C)(C)O1. The zero-order chi connectivity index (χ0) is 20.4. The first-order valence-electron chi connectivity index (χ1n) is 9.93. The number of rotatable bonds is 5. The van der Waals surface area contributed by atoms with Crippen LogP contribution in [-0.2, 0) is 14.1 Å². The van der Waals surface area contributed by atoms with Crippen LogP contribution in [0.4, 0.5) is 5.69 Å². The normalized spacial score (nSPS) is 21.8. The van der Waals surface area contributed by atoms with Gasteiger partial charge in [-0.2, -0.15) is 0 Å². The maximum Gasteiger partial charge on any atom is 0.491 e. The third kappa shape index (κ3) is 5.01. The van der Waals surface area contributed by atoms with E-state index in [2.05, 4.69) is 40.6 Å². The van der Waals surface area contributed by atoms with E-state index in [0.717, 1.165) is 37.2 Å². The molecule has 0 atom stereocenters. The van der Waals surface area contributed by atoms with Crippen LogP contribution in [0, 0.1) is 0 Å². The number of benzene rings is 1. The number of hydrogen-bond donors (Lipinski definition) is 1. The van der Waals surface area contributed by atoms with E-state index in [1.807, 2.05) is 27.7 Å². The van der Waals surface area contributed by atoms with Gasteiger partial charge in [-0.25, -0.2) is 0 Å². The molecule has 0 spiro atoms. The van der Waals surface area contributed by atoms with Gasteiger partial charge in [0.1, 0.15) is 0 Å². The lowest BCUT2D eigenvalue weighted by atomic mass is 9.78. The monoisotopic (exact) mass is 402 g/mol. The fraction of sp³-hybridized carbons (Fsp3) is 0.571. The third-order valence-corrected chi connectivity index (χ3v) is 6.61. The second-order valence-electron chi connectivity index (χ2n) is 8.42. The summed E-state index contributed by atoms with van der Waals surface area (Å²) in [5.41, 5.74) is 2.52. The maximum atomic E-state index is 11.5. The first kappa shape index (κ1) is 21.4. The van der Waals surface area contributed by atoms with Gasteiger partial charge in [0.25, 0.3) is 0 Å². The first-order chi connectivity index (χ1) is 13.2. The molecule has 7 heteroatoms. The summed E-state index contributed by atoms with van der Waals surface area (Å²) in [5.74, 6) is 0.561. The molecule has 0 radical (unpaired) electrons. The Balaban J connectivity index is 1.79. The summed E-state index contributed by atoms with van der Waals surface area (Å²) in [6, 6.07) is 8.58. The van der Waals surface area contributed by atoms with Crippen LogP contribution >= 0.6 is 11.8 Å². The zero-order valence-electron chi connectivity index (χ0n) is 17.6. The van der Waals surface area contributed by atoms with Crippen molar-refractivity contribution in [2.24, 2.45) is 0 Å². The molecule has 5 nitrogen and oxygen atoms in total. The van der Waals surface area contributed by atoms with Gasteiger partial charge in [0, 0.05) is 44.5 Å². The summed E-state index contributed by atoms with van der Waals surface area (Å²) < 4.78 is 12.4. The lowest BCUT2D eigenvalue weighted by Crippen LogP contribution is -2.43. The van der Waals surface area contributed by atoms with Gasteiger partial charge in [0.05, 0.1) is 11.2 Å². The van der Waals surface area contributed by atoms with Crippen molar-refractivity contribution in [2.45, 2.75) is 45.8 Å². The highest BCUT2D eigenvalue weighted by Crippen LogP contribution is 2.39. The molecule has 0 amide bonds. The van der Waals surface area contributed by atoms with Gasteiger partial charge in [-0.3, -0.25) is 4.79 Å². The Morgan fingerprint density at radius 2 is 1.71 bits per heavy atom. The van der Waals surface area contributed by atoms with Crippen LogP contribution in [0.2, 0.25) is 0 Å². The van der Waals surface area contributed by atoms with E-state index in [1.54, 1.807) is 6.92 Å². The predicted molar refractivity (Wildman–Crippen MR) is 119 cm³/mol. The predicted octanol–water partition coefficient (Wildman–Crippen LogP) is 3.39. The molecule has 2 heterocycles. The standard InChI is InChI=1S/C21H31BN2O3S/c1-16(25)28-15-18(22-26-20(2,3)21(4,5)27-22)14-17-6-8-19(9-7-17)24-12-10-23-11-13-24/h6-9,14,23H,10-13,15H2,1-5H3. The van der Waals surface area contributed by atoms with Crippen molar-refractivity contribution in [3.05, 3.63) is 35.3 Å². The van der Waals surface area contributed by atoms with Gasteiger partial charge in [-0.15, -0.1) is 0 Å². The molecular weight excluding hydrogens is 371 g/mol. The summed E-state index contributed by atoms with van der Waals surface area (Å²) >= 11 is 1.29. The van der Waals surface area contributed by atoms with E-state index >= 15 is 0 Å². The minimum absolute atomic E-state index is 0.0940. The molecule has 2 fully saturated rings. The van der Waals surface area contributed by atoms with Crippen molar-refractivity contribution in [3.8, 4) is 0 Å². The van der Waals surface area contributed by atoms with Gasteiger partial charge in [-0.05, 0) is 50.9 Å². The minimum Gasteiger partial charge on any atom is -0.400 e. The number of anilines is 1. The Hall–Kier alpha value is -1.28.